The molecule has 0 saturated carbocycles. The minimum absolute atomic E-state index is 0.00716. The quantitative estimate of drug-likeness (QED) is 0.0272. The number of nitrogens with zero attached hydrogens (tertiary/aromatic N) is 1. The van der Waals surface area contributed by atoms with Crippen LogP contribution in [0.1, 0.15) is 328 Å². The zero-order valence-corrected chi connectivity index (χ0v) is 51.7. The number of amides is 1. The third-order valence-corrected chi connectivity index (χ3v) is 16.0. The predicted octanol–water partition coefficient (Wildman–Crippen LogP) is 19.9. The number of hydrogen-bond donors (Lipinski definition) is 2. The fourth-order valence-electron chi connectivity index (χ4n) is 9.95. The molecule has 3 atom stereocenters. The second-order valence-electron chi connectivity index (χ2n) is 23.8. The first kappa shape index (κ1) is 73.7. The Morgan fingerprint density at radius 3 is 1.08 bits per heavy atom. The Morgan fingerprint density at radius 1 is 0.453 bits per heavy atom. The summed E-state index contributed by atoms with van der Waals surface area (Å²) >= 11 is 0. The maximum Gasteiger partial charge on any atom is 0.268 e. The average molecular weight is 1080 g/mol. The van der Waals surface area contributed by atoms with Gasteiger partial charge >= 0.3 is 0 Å². The number of aliphatic hydroxyl groups excluding tert-OH is 1. The van der Waals surface area contributed by atoms with E-state index in [0.717, 1.165) is 44.9 Å². The Labute approximate surface area is 467 Å². The van der Waals surface area contributed by atoms with E-state index >= 15 is 0 Å². The molecule has 0 aliphatic heterocycles. The van der Waals surface area contributed by atoms with Crippen molar-refractivity contribution in [1.29, 1.82) is 0 Å². The largest absolute Gasteiger partial charge is 0.756 e. The van der Waals surface area contributed by atoms with E-state index in [4.69, 9.17) is 9.05 Å². The van der Waals surface area contributed by atoms with Crippen LogP contribution < -0.4 is 10.2 Å². The first-order chi connectivity index (χ1) is 36.5. The molecule has 0 aromatic rings. The molecule has 8 nitrogen and oxygen atoms in total. The van der Waals surface area contributed by atoms with E-state index in [9.17, 15) is 19.4 Å². The van der Waals surface area contributed by atoms with Gasteiger partial charge in [-0.2, -0.15) is 0 Å². The van der Waals surface area contributed by atoms with Crippen molar-refractivity contribution in [3.8, 4) is 0 Å². The van der Waals surface area contributed by atoms with Gasteiger partial charge in [-0.3, -0.25) is 9.36 Å². The van der Waals surface area contributed by atoms with E-state index in [1.807, 2.05) is 27.2 Å². The number of likely N-dealkylation sites (N-methyl/N-ethyl adjacent to an activating group) is 1. The second-order valence-corrected chi connectivity index (χ2v) is 25.2. The molecule has 0 bridgehead atoms. The Morgan fingerprint density at radius 2 is 0.747 bits per heavy atom. The Balaban J connectivity index is 4.16. The first-order valence-electron chi connectivity index (χ1n) is 32.9. The summed E-state index contributed by atoms with van der Waals surface area (Å²) in [6, 6.07) is -0.909. The summed E-state index contributed by atoms with van der Waals surface area (Å²) in [7, 11) is 1.25. The van der Waals surface area contributed by atoms with Gasteiger partial charge in [-0.15, -0.1) is 0 Å². The lowest BCUT2D eigenvalue weighted by Gasteiger charge is -2.29. The van der Waals surface area contributed by atoms with Crippen LogP contribution in [0.2, 0.25) is 0 Å². The number of nitrogens with one attached hydrogen (secondary N) is 1. The molecule has 0 saturated heterocycles. The second kappa shape index (κ2) is 57.4. The summed E-state index contributed by atoms with van der Waals surface area (Å²) in [5.74, 6) is -0.204. The SMILES string of the molecule is CCCCCCCCCCCCCCCCCCC/C=C/CC/C=C/CC/C=C/C(O)C(COP(=O)([O-])OCC[N+](C)(C)C)NC(=O)CCCCCCCCCCCCCCCCCCCCCCCCCCCC. The minimum atomic E-state index is -4.61. The molecular weight excluding hydrogens is 948 g/mol. The highest BCUT2D eigenvalue weighted by Crippen LogP contribution is 2.38. The van der Waals surface area contributed by atoms with Crippen LogP contribution in [0.25, 0.3) is 0 Å². The van der Waals surface area contributed by atoms with Gasteiger partial charge in [0.2, 0.25) is 5.91 Å². The van der Waals surface area contributed by atoms with Gasteiger partial charge in [0.1, 0.15) is 13.2 Å². The average Bonchev–Trinajstić information content (AvgIpc) is 3.37. The van der Waals surface area contributed by atoms with E-state index in [-0.39, 0.29) is 12.5 Å². The van der Waals surface area contributed by atoms with Gasteiger partial charge in [0.05, 0.1) is 39.9 Å². The van der Waals surface area contributed by atoms with Gasteiger partial charge in [0.15, 0.2) is 0 Å². The molecule has 9 heteroatoms. The Hall–Kier alpha value is -1.28. The zero-order chi connectivity index (χ0) is 54.9. The van der Waals surface area contributed by atoms with Gasteiger partial charge in [-0.25, -0.2) is 0 Å². The van der Waals surface area contributed by atoms with Crippen molar-refractivity contribution in [3.63, 3.8) is 0 Å². The van der Waals surface area contributed by atoms with Crippen molar-refractivity contribution in [2.45, 2.75) is 341 Å². The van der Waals surface area contributed by atoms with Crippen molar-refractivity contribution < 1.29 is 32.9 Å². The van der Waals surface area contributed by atoms with Gasteiger partial charge in [0, 0.05) is 6.42 Å². The van der Waals surface area contributed by atoms with E-state index < -0.39 is 26.6 Å². The lowest BCUT2D eigenvalue weighted by molar-refractivity contribution is -0.870. The lowest BCUT2D eigenvalue weighted by atomic mass is 10.0. The van der Waals surface area contributed by atoms with Crippen molar-refractivity contribution in [3.05, 3.63) is 36.5 Å². The van der Waals surface area contributed by atoms with E-state index in [0.29, 0.717) is 17.4 Å². The molecule has 0 radical (unpaired) electrons. The maximum atomic E-state index is 13.0. The van der Waals surface area contributed by atoms with Crippen LogP contribution >= 0.6 is 7.82 Å². The van der Waals surface area contributed by atoms with Crippen LogP contribution in [0.4, 0.5) is 0 Å². The van der Waals surface area contributed by atoms with Gasteiger partial charge in [-0.05, 0) is 44.9 Å². The van der Waals surface area contributed by atoms with Gasteiger partial charge in [-0.1, -0.05) is 314 Å². The number of aliphatic hydroxyl groups is 1. The molecule has 0 aliphatic carbocycles. The van der Waals surface area contributed by atoms with E-state index in [1.165, 1.54) is 263 Å². The van der Waals surface area contributed by atoms with Crippen LogP contribution in [0.5, 0.6) is 0 Å². The third kappa shape index (κ3) is 60.2. The standard InChI is InChI=1S/C66H129N2O6P/c1-6-8-10-12-14-16-18-20-22-24-26-28-30-32-34-35-37-39-41-43-45-47-49-51-53-55-57-59-65(69)64(63-74-75(71,72)73-62-61-68(3,4)5)67-66(70)60-58-56-54-52-50-48-46-44-42-40-38-36-33-31-29-27-25-23-21-19-17-15-13-11-9-7-2/h41,43,49,51,57,59,64-65,69H,6-40,42,44-48,50,52-56,58,60-63H2,1-5H3,(H-,67,70,71,72)/b43-41+,51-49+,59-57+. The number of phosphoric ester groups is 1. The van der Waals surface area contributed by atoms with Crippen LogP contribution in [0, 0.1) is 0 Å². The van der Waals surface area contributed by atoms with E-state index in [2.05, 4.69) is 43.5 Å². The smallest absolute Gasteiger partial charge is 0.268 e. The Kier molecular flexibility index (Phi) is 56.4. The Bertz CT molecular complexity index is 1320. The number of quaternary nitrogens is 1. The van der Waals surface area contributed by atoms with Crippen molar-refractivity contribution >= 4 is 13.7 Å². The van der Waals surface area contributed by atoms with Crippen LogP contribution in [-0.2, 0) is 18.4 Å². The lowest BCUT2D eigenvalue weighted by Crippen LogP contribution is -2.45. The molecule has 0 heterocycles. The summed E-state index contributed by atoms with van der Waals surface area (Å²) in [5.41, 5.74) is 0. The molecule has 3 unspecified atom stereocenters. The predicted molar refractivity (Wildman–Crippen MR) is 325 cm³/mol. The molecule has 0 aromatic carbocycles. The molecule has 0 spiro atoms. The minimum Gasteiger partial charge on any atom is -0.756 e. The van der Waals surface area contributed by atoms with Crippen LogP contribution in [-0.4, -0.2) is 68.5 Å². The van der Waals surface area contributed by atoms with Gasteiger partial charge < -0.3 is 28.8 Å². The molecule has 75 heavy (non-hydrogen) atoms. The molecule has 444 valence electrons. The fraction of sp³-hybridized carbons (Fsp3) is 0.894. The highest BCUT2D eigenvalue weighted by atomic mass is 31.2. The third-order valence-electron chi connectivity index (χ3n) is 15.1. The molecule has 2 N–H and O–H groups in total. The van der Waals surface area contributed by atoms with Crippen LogP contribution in [0.3, 0.4) is 0 Å². The number of carbonyl (C=O) groups is 1. The molecule has 0 rings (SSSR count). The number of hydrogen-bond acceptors (Lipinski definition) is 6. The molecule has 0 fully saturated rings. The summed E-state index contributed by atoms with van der Waals surface area (Å²) in [5, 5.41) is 13.9. The monoisotopic (exact) mass is 1080 g/mol. The number of phosphoric acid groups is 1. The topological polar surface area (TPSA) is 108 Å². The summed E-state index contributed by atoms with van der Waals surface area (Å²) < 4.78 is 23.4. The van der Waals surface area contributed by atoms with Crippen molar-refractivity contribution in [1.82, 2.24) is 5.32 Å². The molecular formula is C66H129N2O6P. The first-order valence-corrected chi connectivity index (χ1v) is 34.3. The fourth-order valence-corrected chi connectivity index (χ4v) is 10.7. The number of unbranched alkanes of at least 4 members (excludes halogenated alkanes) is 44. The molecule has 0 aromatic heterocycles. The number of carbonyl (C=O) groups excluding carboxylic acids is 1. The molecule has 1 amide bonds. The van der Waals surface area contributed by atoms with Crippen molar-refractivity contribution in [2.75, 3.05) is 40.9 Å². The molecule has 0 aliphatic rings. The number of rotatable bonds is 61. The summed E-state index contributed by atoms with van der Waals surface area (Å²) in [4.78, 5) is 25.6. The maximum absolute atomic E-state index is 13.0. The highest BCUT2D eigenvalue weighted by Gasteiger charge is 2.23. The van der Waals surface area contributed by atoms with Gasteiger partial charge in [0.25, 0.3) is 7.82 Å². The summed E-state index contributed by atoms with van der Waals surface area (Å²) in [6.07, 6.45) is 75.4. The summed E-state index contributed by atoms with van der Waals surface area (Å²) in [6.45, 7) is 4.68. The number of allylic oxidation sites excluding steroid dienone is 5. The zero-order valence-electron chi connectivity index (χ0n) is 50.8. The van der Waals surface area contributed by atoms with Crippen LogP contribution in [0.15, 0.2) is 36.5 Å². The van der Waals surface area contributed by atoms with Crippen molar-refractivity contribution in [2.24, 2.45) is 0 Å². The van der Waals surface area contributed by atoms with E-state index in [1.54, 1.807) is 6.08 Å². The highest BCUT2D eigenvalue weighted by molar-refractivity contribution is 7.45. The normalized spacial score (nSPS) is 14.0.